The molecule has 1 saturated heterocycles. The summed E-state index contributed by atoms with van der Waals surface area (Å²) in [4.78, 5) is 13.0. The second-order valence-corrected chi connectivity index (χ2v) is 8.84. The number of anilines is 1. The maximum Gasteiger partial charge on any atom is 0.336 e. The van der Waals surface area contributed by atoms with E-state index in [0.29, 0.717) is 31.2 Å². The van der Waals surface area contributed by atoms with Crippen LogP contribution in [0.5, 0.6) is 0 Å². The zero-order chi connectivity index (χ0) is 17.3. The van der Waals surface area contributed by atoms with E-state index < -0.39 is 16.0 Å². The van der Waals surface area contributed by atoms with Gasteiger partial charge in [-0.2, -0.15) is 4.31 Å². The second kappa shape index (κ2) is 6.72. The highest BCUT2D eigenvalue weighted by Gasteiger charge is 2.30. The van der Waals surface area contributed by atoms with Gasteiger partial charge in [-0.3, -0.25) is 0 Å². The molecule has 2 heterocycles. The maximum absolute atomic E-state index is 12.6. The number of carboxylic acid groups (broad SMARTS) is 1. The molecule has 0 amide bonds. The number of benzene rings is 1. The summed E-state index contributed by atoms with van der Waals surface area (Å²) in [5.41, 5.74) is 0.958. The van der Waals surface area contributed by atoms with Crippen molar-refractivity contribution in [2.75, 3.05) is 31.1 Å². The third kappa shape index (κ3) is 3.41. The molecule has 0 spiro atoms. The zero-order valence-corrected chi connectivity index (χ0v) is 14.9. The van der Waals surface area contributed by atoms with E-state index in [1.54, 1.807) is 6.07 Å². The summed E-state index contributed by atoms with van der Waals surface area (Å²) in [6.07, 6.45) is 0. The van der Waals surface area contributed by atoms with E-state index in [1.807, 2.05) is 18.2 Å². The standard InChI is InChI=1S/C15H15ClN2O4S2/c16-12-2-1-3-13(9-12)17-4-6-18(7-5-17)24(21,22)14-8-11(10-23-14)15(19)20/h1-3,8-10H,4-7H2,(H,19,20). The molecule has 3 rings (SSSR count). The average Bonchev–Trinajstić information content (AvgIpc) is 3.06. The molecule has 1 aromatic carbocycles. The van der Waals surface area contributed by atoms with Crippen LogP contribution in [0, 0.1) is 0 Å². The number of nitrogens with zero attached hydrogens (tertiary/aromatic N) is 2. The first-order valence-electron chi connectivity index (χ1n) is 7.20. The van der Waals surface area contributed by atoms with Crippen molar-refractivity contribution in [3.8, 4) is 0 Å². The Balaban J connectivity index is 1.72. The van der Waals surface area contributed by atoms with Crippen molar-refractivity contribution in [1.29, 1.82) is 0 Å². The highest BCUT2D eigenvalue weighted by molar-refractivity contribution is 7.91. The Hall–Kier alpha value is -1.61. The lowest BCUT2D eigenvalue weighted by atomic mass is 10.2. The second-order valence-electron chi connectivity index (χ2n) is 5.33. The SMILES string of the molecule is O=C(O)c1csc(S(=O)(=O)N2CCN(c3cccc(Cl)c3)CC2)c1. The number of rotatable bonds is 4. The molecule has 1 fully saturated rings. The molecule has 0 radical (unpaired) electrons. The Morgan fingerprint density at radius 1 is 1.17 bits per heavy atom. The summed E-state index contributed by atoms with van der Waals surface area (Å²) >= 11 is 6.93. The highest BCUT2D eigenvalue weighted by atomic mass is 35.5. The normalized spacial score (nSPS) is 16.3. The van der Waals surface area contributed by atoms with Crippen LogP contribution in [0.15, 0.2) is 39.9 Å². The van der Waals surface area contributed by atoms with Crippen LogP contribution < -0.4 is 4.90 Å². The Bertz CT molecular complexity index is 858. The highest BCUT2D eigenvalue weighted by Crippen LogP contribution is 2.26. The van der Waals surface area contributed by atoms with Crippen LogP contribution >= 0.6 is 22.9 Å². The van der Waals surface area contributed by atoms with Gasteiger partial charge in [-0.25, -0.2) is 13.2 Å². The third-order valence-corrected chi connectivity index (χ3v) is 7.38. The first kappa shape index (κ1) is 17.2. The molecular weight excluding hydrogens is 372 g/mol. The van der Waals surface area contributed by atoms with Gasteiger partial charge in [0.05, 0.1) is 5.56 Å². The molecular formula is C15H15ClN2O4S2. The summed E-state index contributed by atoms with van der Waals surface area (Å²) in [6, 6.07) is 8.66. The molecule has 0 unspecified atom stereocenters. The van der Waals surface area contributed by atoms with E-state index >= 15 is 0 Å². The number of halogens is 1. The van der Waals surface area contributed by atoms with Crippen LogP contribution in [0.25, 0.3) is 0 Å². The zero-order valence-electron chi connectivity index (χ0n) is 12.6. The number of carboxylic acids is 1. The van der Waals surface area contributed by atoms with Crippen molar-refractivity contribution in [3.05, 3.63) is 46.3 Å². The minimum absolute atomic E-state index is 0.00358. The minimum Gasteiger partial charge on any atom is -0.478 e. The van der Waals surface area contributed by atoms with E-state index in [1.165, 1.54) is 15.8 Å². The van der Waals surface area contributed by atoms with Gasteiger partial charge < -0.3 is 10.0 Å². The summed E-state index contributed by atoms with van der Waals surface area (Å²) in [7, 11) is -3.65. The lowest BCUT2D eigenvalue weighted by molar-refractivity contribution is 0.0697. The van der Waals surface area contributed by atoms with Crippen molar-refractivity contribution < 1.29 is 18.3 Å². The van der Waals surface area contributed by atoms with Crippen molar-refractivity contribution >= 4 is 44.6 Å². The molecule has 0 bridgehead atoms. The first-order valence-corrected chi connectivity index (χ1v) is 9.90. The predicted molar refractivity (Wildman–Crippen MR) is 93.7 cm³/mol. The average molecular weight is 387 g/mol. The fraction of sp³-hybridized carbons (Fsp3) is 0.267. The molecule has 1 N–H and O–H groups in total. The molecule has 9 heteroatoms. The summed E-state index contributed by atoms with van der Waals surface area (Å²) in [5.74, 6) is -1.13. The molecule has 6 nitrogen and oxygen atoms in total. The number of thiophene rings is 1. The Labute approximate surface area is 148 Å². The molecule has 2 aromatic rings. The Kier molecular flexibility index (Phi) is 4.82. The number of piperazine rings is 1. The van der Waals surface area contributed by atoms with Gasteiger partial charge in [0.1, 0.15) is 4.21 Å². The van der Waals surface area contributed by atoms with Gasteiger partial charge in [0.25, 0.3) is 10.0 Å². The third-order valence-electron chi connectivity index (χ3n) is 3.83. The lowest BCUT2D eigenvalue weighted by Gasteiger charge is -2.35. The van der Waals surface area contributed by atoms with Crippen LogP contribution in [0.2, 0.25) is 5.02 Å². The van der Waals surface area contributed by atoms with E-state index in [4.69, 9.17) is 16.7 Å². The van der Waals surface area contributed by atoms with E-state index in [2.05, 4.69) is 4.90 Å². The largest absolute Gasteiger partial charge is 0.478 e. The number of carbonyl (C=O) groups is 1. The van der Waals surface area contributed by atoms with Crippen LogP contribution in [0.4, 0.5) is 5.69 Å². The summed E-state index contributed by atoms with van der Waals surface area (Å²) in [5, 5.41) is 10.9. The van der Waals surface area contributed by atoms with Crippen LogP contribution in [-0.2, 0) is 10.0 Å². The molecule has 0 aliphatic carbocycles. The Morgan fingerprint density at radius 3 is 2.46 bits per heavy atom. The van der Waals surface area contributed by atoms with Crippen molar-refractivity contribution in [1.82, 2.24) is 4.31 Å². The summed E-state index contributed by atoms with van der Waals surface area (Å²) in [6.45, 7) is 1.79. The minimum atomic E-state index is -3.65. The molecule has 1 aromatic heterocycles. The van der Waals surface area contributed by atoms with Gasteiger partial charge >= 0.3 is 5.97 Å². The molecule has 24 heavy (non-hydrogen) atoms. The number of aromatic carboxylic acids is 1. The van der Waals surface area contributed by atoms with Crippen molar-refractivity contribution in [2.24, 2.45) is 0 Å². The number of hydrogen-bond donors (Lipinski definition) is 1. The monoisotopic (exact) mass is 386 g/mol. The number of sulfonamides is 1. The van der Waals surface area contributed by atoms with Gasteiger partial charge in [0.2, 0.25) is 0 Å². The van der Waals surface area contributed by atoms with Crippen LogP contribution in [-0.4, -0.2) is 50.0 Å². The summed E-state index contributed by atoms with van der Waals surface area (Å²) < 4.78 is 26.7. The molecule has 1 aliphatic rings. The van der Waals surface area contributed by atoms with Crippen LogP contribution in [0.1, 0.15) is 10.4 Å². The Morgan fingerprint density at radius 2 is 1.88 bits per heavy atom. The maximum atomic E-state index is 12.6. The van der Waals surface area contributed by atoms with Gasteiger partial charge in [-0.1, -0.05) is 17.7 Å². The topological polar surface area (TPSA) is 77.9 Å². The number of hydrogen-bond acceptors (Lipinski definition) is 5. The fourth-order valence-electron chi connectivity index (χ4n) is 2.55. The van der Waals surface area contributed by atoms with Gasteiger partial charge in [0.15, 0.2) is 0 Å². The smallest absolute Gasteiger partial charge is 0.336 e. The molecule has 128 valence electrons. The van der Waals surface area contributed by atoms with E-state index in [-0.39, 0.29) is 9.77 Å². The van der Waals surface area contributed by atoms with Crippen molar-refractivity contribution in [3.63, 3.8) is 0 Å². The van der Waals surface area contributed by atoms with Crippen LogP contribution in [0.3, 0.4) is 0 Å². The molecule has 0 saturated carbocycles. The molecule has 0 atom stereocenters. The van der Waals surface area contributed by atoms with E-state index in [9.17, 15) is 13.2 Å². The van der Waals surface area contributed by atoms with Gasteiger partial charge in [-0.05, 0) is 24.3 Å². The predicted octanol–water partition coefficient (Wildman–Crippen LogP) is 2.61. The lowest BCUT2D eigenvalue weighted by Crippen LogP contribution is -2.48. The van der Waals surface area contributed by atoms with E-state index in [0.717, 1.165) is 17.0 Å². The first-order chi connectivity index (χ1) is 11.4. The van der Waals surface area contributed by atoms with Crippen molar-refractivity contribution in [2.45, 2.75) is 4.21 Å². The quantitative estimate of drug-likeness (QED) is 0.873. The fourth-order valence-corrected chi connectivity index (χ4v) is 5.46. The van der Waals surface area contributed by atoms with Gasteiger partial charge in [-0.15, -0.1) is 11.3 Å². The van der Waals surface area contributed by atoms with Gasteiger partial charge in [0, 0.05) is 42.3 Å². The molecule has 1 aliphatic heterocycles.